The third-order valence-corrected chi connectivity index (χ3v) is 5.32. The van der Waals surface area contributed by atoms with Crippen LogP contribution in [0.5, 0.6) is 11.5 Å². The lowest BCUT2D eigenvalue weighted by Crippen LogP contribution is -2.50. The molecule has 0 amide bonds. The SMILES string of the molecule is COc1ccc([C@]23CCN[C@H]2CC(=O)C[C@H]3C)cc1OC. The molecule has 0 spiro atoms. The summed E-state index contributed by atoms with van der Waals surface area (Å²) in [4.78, 5) is 11.9. The van der Waals surface area contributed by atoms with Crippen molar-refractivity contribution in [2.75, 3.05) is 20.8 Å². The van der Waals surface area contributed by atoms with Crippen molar-refractivity contribution < 1.29 is 14.3 Å². The van der Waals surface area contributed by atoms with Crippen molar-refractivity contribution in [3.05, 3.63) is 23.8 Å². The van der Waals surface area contributed by atoms with Crippen molar-refractivity contribution >= 4 is 5.78 Å². The molecule has 1 aliphatic carbocycles. The standard InChI is InChI=1S/C17H23NO3/c1-11-8-13(19)10-16-17(11,6-7-18-16)12-4-5-14(20-2)15(9-12)21-3/h4-5,9,11,16,18H,6-8,10H2,1-3H3/t11-,16+,17-/m1/s1. The van der Waals surface area contributed by atoms with Crippen molar-refractivity contribution in [1.82, 2.24) is 5.32 Å². The second-order valence-corrected chi connectivity index (χ2v) is 6.21. The Morgan fingerprint density at radius 1 is 1.19 bits per heavy atom. The quantitative estimate of drug-likeness (QED) is 0.927. The van der Waals surface area contributed by atoms with Gasteiger partial charge >= 0.3 is 0 Å². The van der Waals surface area contributed by atoms with Crippen LogP contribution in [0.2, 0.25) is 0 Å². The first-order chi connectivity index (χ1) is 10.1. The Balaban J connectivity index is 2.06. The molecule has 4 nitrogen and oxygen atoms in total. The molecule has 0 aromatic heterocycles. The van der Waals surface area contributed by atoms with Crippen molar-refractivity contribution in [2.24, 2.45) is 5.92 Å². The number of rotatable bonds is 3. The Kier molecular flexibility index (Phi) is 3.66. The monoisotopic (exact) mass is 289 g/mol. The molecule has 1 aromatic rings. The fourth-order valence-electron chi connectivity index (χ4n) is 4.24. The van der Waals surface area contributed by atoms with Crippen LogP contribution in [0.15, 0.2) is 18.2 Å². The molecule has 0 unspecified atom stereocenters. The van der Waals surface area contributed by atoms with Crippen LogP contribution >= 0.6 is 0 Å². The number of ether oxygens (including phenoxy) is 2. The highest BCUT2D eigenvalue weighted by molar-refractivity contribution is 5.81. The fourth-order valence-corrected chi connectivity index (χ4v) is 4.24. The maximum absolute atomic E-state index is 11.9. The fraction of sp³-hybridized carbons (Fsp3) is 0.588. The van der Waals surface area contributed by atoms with Gasteiger partial charge in [-0.3, -0.25) is 4.79 Å². The van der Waals surface area contributed by atoms with Gasteiger partial charge < -0.3 is 14.8 Å². The zero-order valence-electron chi connectivity index (χ0n) is 12.9. The van der Waals surface area contributed by atoms with Gasteiger partial charge in [0.05, 0.1) is 14.2 Å². The van der Waals surface area contributed by atoms with Crippen LogP contribution in [0.1, 0.15) is 31.7 Å². The van der Waals surface area contributed by atoms with Crippen molar-refractivity contribution in [1.29, 1.82) is 0 Å². The van der Waals surface area contributed by atoms with Gasteiger partial charge in [0.15, 0.2) is 11.5 Å². The van der Waals surface area contributed by atoms with Gasteiger partial charge in [0.25, 0.3) is 0 Å². The molecule has 3 rings (SSSR count). The highest BCUT2D eigenvalue weighted by atomic mass is 16.5. The number of benzene rings is 1. The van der Waals surface area contributed by atoms with E-state index in [1.165, 1.54) is 5.56 Å². The minimum atomic E-state index is 0.0352. The Bertz CT molecular complexity index is 557. The zero-order valence-corrected chi connectivity index (χ0v) is 12.9. The molecule has 114 valence electrons. The highest BCUT2D eigenvalue weighted by Gasteiger charge is 2.51. The number of nitrogens with one attached hydrogen (secondary N) is 1. The van der Waals surface area contributed by atoms with Crippen molar-refractivity contribution in [3.8, 4) is 11.5 Å². The molecule has 1 aliphatic heterocycles. The van der Waals surface area contributed by atoms with Crippen LogP contribution in [0, 0.1) is 5.92 Å². The van der Waals surface area contributed by atoms with Crippen LogP contribution in [-0.2, 0) is 10.2 Å². The van der Waals surface area contributed by atoms with E-state index in [1.54, 1.807) is 14.2 Å². The minimum Gasteiger partial charge on any atom is -0.493 e. The molecule has 1 saturated heterocycles. The highest BCUT2D eigenvalue weighted by Crippen LogP contribution is 2.49. The van der Waals surface area contributed by atoms with Crippen LogP contribution in [0.4, 0.5) is 0 Å². The number of carbonyl (C=O) groups is 1. The molecule has 1 aromatic carbocycles. The van der Waals surface area contributed by atoms with Gasteiger partial charge in [-0.25, -0.2) is 0 Å². The van der Waals surface area contributed by atoms with Gasteiger partial charge in [-0.15, -0.1) is 0 Å². The lowest BCUT2D eigenvalue weighted by Gasteiger charge is -2.44. The molecule has 0 radical (unpaired) electrons. The van der Waals surface area contributed by atoms with E-state index in [0.29, 0.717) is 24.5 Å². The van der Waals surface area contributed by atoms with E-state index in [1.807, 2.05) is 6.07 Å². The second-order valence-electron chi connectivity index (χ2n) is 6.21. The third kappa shape index (κ3) is 2.13. The topological polar surface area (TPSA) is 47.6 Å². The van der Waals surface area contributed by atoms with Gasteiger partial charge in [0.1, 0.15) is 5.78 Å². The van der Waals surface area contributed by atoms with Crippen LogP contribution in [0.3, 0.4) is 0 Å². The Morgan fingerprint density at radius 3 is 2.67 bits per heavy atom. The van der Waals surface area contributed by atoms with Gasteiger partial charge in [-0.2, -0.15) is 0 Å². The van der Waals surface area contributed by atoms with E-state index in [9.17, 15) is 4.79 Å². The summed E-state index contributed by atoms with van der Waals surface area (Å²) < 4.78 is 10.8. The summed E-state index contributed by atoms with van der Waals surface area (Å²) in [7, 11) is 3.31. The Hall–Kier alpha value is -1.55. The minimum absolute atomic E-state index is 0.0352. The molecule has 2 aliphatic rings. The third-order valence-electron chi connectivity index (χ3n) is 5.32. The van der Waals surface area contributed by atoms with E-state index in [2.05, 4.69) is 24.4 Å². The Labute approximate surface area is 125 Å². The maximum atomic E-state index is 11.9. The van der Waals surface area contributed by atoms with E-state index in [-0.39, 0.29) is 11.5 Å². The first kappa shape index (κ1) is 14.4. The molecule has 21 heavy (non-hydrogen) atoms. The smallest absolute Gasteiger partial charge is 0.161 e. The first-order valence-electron chi connectivity index (χ1n) is 7.59. The van der Waals surface area contributed by atoms with Crippen LogP contribution < -0.4 is 14.8 Å². The van der Waals surface area contributed by atoms with Crippen molar-refractivity contribution in [2.45, 2.75) is 37.6 Å². The molecular weight excluding hydrogens is 266 g/mol. The molecule has 4 heteroatoms. The number of carbonyl (C=O) groups excluding carboxylic acids is 1. The molecule has 1 heterocycles. The van der Waals surface area contributed by atoms with E-state index < -0.39 is 0 Å². The first-order valence-corrected chi connectivity index (χ1v) is 7.59. The van der Waals surface area contributed by atoms with Gasteiger partial charge in [0, 0.05) is 24.3 Å². The molecule has 1 N–H and O–H groups in total. The van der Waals surface area contributed by atoms with E-state index >= 15 is 0 Å². The summed E-state index contributed by atoms with van der Waals surface area (Å²) in [5.74, 6) is 2.23. The van der Waals surface area contributed by atoms with Crippen LogP contribution in [-0.4, -0.2) is 32.6 Å². The summed E-state index contributed by atoms with van der Waals surface area (Å²) in [6, 6.07) is 6.44. The second kappa shape index (κ2) is 5.34. The summed E-state index contributed by atoms with van der Waals surface area (Å²) in [6.45, 7) is 3.17. The van der Waals surface area contributed by atoms with E-state index in [0.717, 1.165) is 24.5 Å². The zero-order chi connectivity index (χ0) is 15.0. The number of fused-ring (bicyclic) bond motifs is 1. The number of hydrogen-bond acceptors (Lipinski definition) is 4. The molecule has 0 bridgehead atoms. The summed E-state index contributed by atoms with van der Waals surface area (Å²) in [6.07, 6.45) is 2.38. The van der Waals surface area contributed by atoms with Gasteiger partial charge in [-0.1, -0.05) is 13.0 Å². The predicted molar refractivity (Wildman–Crippen MR) is 81.0 cm³/mol. The molecule has 3 atom stereocenters. The number of methoxy groups -OCH3 is 2. The van der Waals surface area contributed by atoms with Crippen molar-refractivity contribution in [3.63, 3.8) is 0 Å². The number of ketones is 1. The molecule has 2 fully saturated rings. The average molecular weight is 289 g/mol. The summed E-state index contributed by atoms with van der Waals surface area (Å²) in [5.41, 5.74) is 1.29. The van der Waals surface area contributed by atoms with Gasteiger partial charge in [-0.05, 0) is 36.6 Å². The number of Topliss-reactive ketones (excluding diaryl/α,β-unsaturated/α-hetero) is 1. The summed E-state index contributed by atoms with van der Waals surface area (Å²) >= 11 is 0. The van der Waals surface area contributed by atoms with E-state index in [4.69, 9.17) is 9.47 Å². The Morgan fingerprint density at radius 2 is 1.95 bits per heavy atom. The summed E-state index contributed by atoms with van der Waals surface area (Å²) in [5, 5.41) is 3.53. The lowest BCUT2D eigenvalue weighted by atomic mass is 9.60. The largest absolute Gasteiger partial charge is 0.493 e. The predicted octanol–water partition coefficient (Wildman–Crippen LogP) is 2.30. The van der Waals surface area contributed by atoms with Crippen LogP contribution in [0.25, 0.3) is 0 Å². The molecular formula is C17H23NO3. The lowest BCUT2D eigenvalue weighted by molar-refractivity contribution is -0.123. The average Bonchev–Trinajstić information content (AvgIpc) is 2.91. The van der Waals surface area contributed by atoms with Gasteiger partial charge in [0.2, 0.25) is 0 Å². The maximum Gasteiger partial charge on any atom is 0.161 e. The molecule has 1 saturated carbocycles. The number of hydrogen-bond donors (Lipinski definition) is 1. The normalized spacial score (nSPS) is 31.9.